The average molecular weight is 440 g/mol. The Morgan fingerprint density at radius 1 is 1.19 bits per heavy atom. The number of hydrogen-bond acceptors (Lipinski definition) is 5. The predicted molar refractivity (Wildman–Crippen MR) is 113 cm³/mol. The van der Waals surface area contributed by atoms with Crippen LogP contribution in [-0.2, 0) is 11.2 Å². The number of β-amino-alcohol motifs (C(OH)–C–C–N with tert-alkyl or cyclic N) is 2. The van der Waals surface area contributed by atoms with Crippen molar-refractivity contribution in [1.82, 2.24) is 4.90 Å². The van der Waals surface area contributed by atoms with Gasteiger partial charge in [-0.15, -0.1) is 0 Å². The number of anilines is 1. The second-order valence-electron chi connectivity index (χ2n) is 8.47. The van der Waals surface area contributed by atoms with E-state index in [0.717, 1.165) is 28.9 Å². The molecule has 2 aliphatic heterocycles. The first kappa shape index (κ1) is 20.8. The summed E-state index contributed by atoms with van der Waals surface area (Å²) in [4.78, 5) is 13.4. The maximum Gasteiger partial charge on any atom is 0.224 e. The largest absolute Gasteiger partial charge is 0.454 e. The minimum absolute atomic E-state index is 0.00510. The zero-order valence-corrected chi connectivity index (χ0v) is 17.1. The van der Waals surface area contributed by atoms with E-state index in [0.29, 0.717) is 37.3 Å². The van der Waals surface area contributed by atoms with E-state index < -0.39 is 23.3 Å². The third-order valence-corrected chi connectivity index (χ3v) is 6.07. The molecule has 32 heavy (non-hydrogen) atoms. The van der Waals surface area contributed by atoms with Crippen molar-refractivity contribution < 1.29 is 28.5 Å². The maximum atomic E-state index is 13.8. The number of amides is 1. The maximum absolute atomic E-state index is 13.8. The lowest BCUT2D eigenvalue weighted by atomic mass is 9.98. The Hall–Kier alpha value is -3.07. The molecule has 0 bridgehead atoms. The van der Waals surface area contributed by atoms with Gasteiger partial charge >= 0.3 is 0 Å². The first-order valence-corrected chi connectivity index (χ1v) is 10.4. The lowest BCUT2D eigenvalue weighted by molar-refractivity contribution is -0.116. The van der Waals surface area contributed by atoms with E-state index in [1.165, 1.54) is 12.1 Å². The van der Waals surface area contributed by atoms with Crippen LogP contribution in [0.25, 0.3) is 0 Å². The van der Waals surface area contributed by atoms with Gasteiger partial charge in [0.2, 0.25) is 5.91 Å². The normalized spacial score (nSPS) is 23.2. The molecule has 2 heterocycles. The highest BCUT2D eigenvalue weighted by atomic mass is 19.1. The van der Waals surface area contributed by atoms with Crippen LogP contribution >= 0.6 is 0 Å². The van der Waals surface area contributed by atoms with Crippen LogP contribution in [-0.4, -0.2) is 46.3 Å². The number of carbonyl (C=O) groups is 1. The van der Waals surface area contributed by atoms with Gasteiger partial charge in [0, 0.05) is 37.8 Å². The number of likely N-dealkylation sites (tertiary alicyclic amines) is 1. The molecule has 2 atom stereocenters. The van der Waals surface area contributed by atoms with E-state index >= 15 is 0 Å². The first-order valence-electron chi connectivity index (χ1n) is 10.4. The summed E-state index contributed by atoms with van der Waals surface area (Å²) in [6, 6.07) is 8.56. The van der Waals surface area contributed by atoms with Crippen molar-refractivity contribution in [2.24, 2.45) is 0 Å². The fourth-order valence-corrected chi connectivity index (χ4v) is 4.47. The summed E-state index contributed by atoms with van der Waals surface area (Å²) in [5.41, 5.74) is 1.96. The summed E-state index contributed by atoms with van der Waals surface area (Å²) in [5, 5.41) is 24.6. The Labute approximate surface area is 183 Å². The van der Waals surface area contributed by atoms with Gasteiger partial charge in [-0.05, 0) is 53.5 Å². The van der Waals surface area contributed by atoms with E-state index in [-0.39, 0.29) is 18.2 Å². The molecule has 0 radical (unpaired) electrons. The summed E-state index contributed by atoms with van der Waals surface area (Å²) in [5.74, 6) is -1.34. The van der Waals surface area contributed by atoms with Crippen LogP contribution in [0.1, 0.15) is 23.7 Å². The number of hydrogen-bond donors (Lipinski definition) is 3. The Bertz CT molecular complexity index is 1160. The SMILES string of the molecule is O=C1CCc2cc([C@@H](O)CN3CC4=CC(Oc5ccc(F)cc5F)=C[C@]4(O)C3)ccc2N1. The molecule has 166 valence electrons. The standard InChI is InChI=1S/C24H22F2N2O4/c25-17-3-5-22(19(26)9-17)32-18-8-16-11-28(13-24(16,31)10-18)12-21(29)15-1-4-20-14(7-15)2-6-23(30)27-20/h1,3-5,7-10,21,29,31H,2,6,11-13H2,(H,27,30)/t21-,24-/m0/s1. The third-order valence-electron chi connectivity index (χ3n) is 6.07. The number of carbonyl (C=O) groups excluding carboxylic acids is 1. The van der Waals surface area contributed by atoms with E-state index in [1.807, 2.05) is 11.0 Å². The zero-order valence-electron chi connectivity index (χ0n) is 17.1. The molecule has 0 unspecified atom stereocenters. The number of halogens is 2. The van der Waals surface area contributed by atoms with Gasteiger partial charge in [0.05, 0.1) is 6.10 Å². The first-order chi connectivity index (χ1) is 15.3. The Balaban J connectivity index is 1.24. The van der Waals surface area contributed by atoms with Gasteiger partial charge in [-0.2, -0.15) is 0 Å². The summed E-state index contributed by atoms with van der Waals surface area (Å²) in [7, 11) is 0. The lowest BCUT2D eigenvalue weighted by Gasteiger charge is -2.23. The van der Waals surface area contributed by atoms with Crippen LogP contribution in [0.2, 0.25) is 0 Å². The van der Waals surface area contributed by atoms with Crippen molar-refractivity contribution in [2.75, 3.05) is 25.0 Å². The molecule has 0 aromatic heterocycles. The van der Waals surface area contributed by atoms with E-state index in [2.05, 4.69) is 5.32 Å². The monoisotopic (exact) mass is 440 g/mol. The van der Waals surface area contributed by atoms with Crippen molar-refractivity contribution in [2.45, 2.75) is 24.5 Å². The molecule has 8 heteroatoms. The highest BCUT2D eigenvalue weighted by Gasteiger charge is 2.43. The van der Waals surface area contributed by atoms with Crippen molar-refractivity contribution in [3.63, 3.8) is 0 Å². The molecule has 1 amide bonds. The van der Waals surface area contributed by atoms with Gasteiger partial charge in [0.1, 0.15) is 17.2 Å². The molecular weight excluding hydrogens is 418 g/mol. The lowest BCUT2D eigenvalue weighted by Crippen LogP contribution is -2.33. The van der Waals surface area contributed by atoms with E-state index in [4.69, 9.17) is 4.74 Å². The van der Waals surface area contributed by atoms with Gasteiger partial charge in [0.15, 0.2) is 11.6 Å². The Morgan fingerprint density at radius 3 is 2.81 bits per heavy atom. The molecule has 1 aliphatic carbocycles. The molecule has 3 N–H and O–H groups in total. The van der Waals surface area contributed by atoms with Crippen LogP contribution < -0.4 is 10.1 Å². The second kappa shape index (κ2) is 7.81. The zero-order chi connectivity index (χ0) is 22.5. The second-order valence-corrected chi connectivity index (χ2v) is 8.47. The van der Waals surface area contributed by atoms with E-state index in [9.17, 15) is 23.8 Å². The molecule has 3 aliphatic rings. The van der Waals surface area contributed by atoms with Crippen LogP contribution in [0.3, 0.4) is 0 Å². The number of allylic oxidation sites excluding steroid dienone is 1. The highest BCUT2D eigenvalue weighted by molar-refractivity contribution is 5.93. The molecular formula is C24H22F2N2O4. The molecule has 2 aromatic rings. The number of ether oxygens (including phenoxy) is 1. The minimum atomic E-state index is -1.26. The van der Waals surface area contributed by atoms with Crippen LogP contribution in [0.5, 0.6) is 5.75 Å². The van der Waals surface area contributed by atoms with Gasteiger partial charge in [0.25, 0.3) is 0 Å². The smallest absolute Gasteiger partial charge is 0.224 e. The number of aryl methyl sites for hydroxylation is 1. The summed E-state index contributed by atoms with van der Waals surface area (Å²) in [6.07, 6.45) is 3.48. The molecule has 5 rings (SSSR count). The number of aliphatic hydroxyl groups is 2. The van der Waals surface area contributed by atoms with E-state index in [1.54, 1.807) is 18.2 Å². The number of benzene rings is 2. The van der Waals surface area contributed by atoms with Gasteiger partial charge in [-0.1, -0.05) is 12.1 Å². The van der Waals surface area contributed by atoms with Crippen molar-refractivity contribution >= 4 is 11.6 Å². The quantitative estimate of drug-likeness (QED) is 0.666. The summed E-state index contributed by atoms with van der Waals surface area (Å²) >= 11 is 0. The van der Waals surface area contributed by atoms with Crippen molar-refractivity contribution in [1.29, 1.82) is 0 Å². The fraction of sp³-hybridized carbons (Fsp3) is 0.292. The molecule has 1 saturated heterocycles. The predicted octanol–water partition coefficient (Wildman–Crippen LogP) is 2.83. The van der Waals surface area contributed by atoms with Crippen LogP contribution in [0.4, 0.5) is 14.5 Å². The van der Waals surface area contributed by atoms with Crippen LogP contribution in [0.15, 0.2) is 59.9 Å². The van der Waals surface area contributed by atoms with Crippen molar-refractivity contribution in [3.8, 4) is 5.75 Å². The Kier molecular flexibility index (Phi) is 5.08. The molecule has 1 fully saturated rings. The number of fused-ring (bicyclic) bond motifs is 2. The third kappa shape index (κ3) is 3.92. The number of nitrogens with zero attached hydrogens (tertiary/aromatic N) is 1. The van der Waals surface area contributed by atoms with Crippen LogP contribution in [0, 0.1) is 11.6 Å². The number of aliphatic hydroxyl groups excluding tert-OH is 1. The molecule has 0 saturated carbocycles. The fourth-order valence-electron chi connectivity index (χ4n) is 4.47. The van der Waals surface area contributed by atoms with Gasteiger partial charge in [-0.3, -0.25) is 9.69 Å². The minimum Gasteiger partial charge on any atom is -0.454 e. The topological polar surface area (TPSA) is 82.0 Å². The summed E-state index contributed by atoms with van der Waals surface area (Å²) < 4.78 is 32.4. The Morgan fingerprint density at radius 2 is 2.03 bits per heavy atom. The van der Waals surface area contributed by atoms with Gasteiger partial charge < -0.3 is 20.3 Å². The average Bonchev–Trinajstić information content (AvgIpc) is 3.19. The van der Waals surface area contributed by atoms with Gasteiger partial charge in [-0.25, -0.2) is 8.78 Å². The molecule has 0 spiro atoms. The molecule has 6 nitrogen and oxygen atoms in total. The number of nitrogens with one attached hydrogen (secondary N) is 1. The molecule has 2 aromatic carbocycles. The highest BCUT2D eigenvalue weighted by Crippen LogP contribution is 2.37. The number of rotatable bonds is 5. The van der Waals surface area contributed by atoms with Crippen molar-refractivity contribution in [3.05, 3.63) is 82.6 Å². The summed E-state index contributed by atoms with van der Waals surface area (Å²) in [6.45, 7) is 1.00.